The minimum Gasteiger partial charge on any atom is -0.393 e. The van der Waals surface area contributed by atoms with E-state index >= 15 is 0 Å². The molecule has 0 aliphatic carbocycles. The molecule has 0 rings (SSSR count). The van der Waals surface area contributed by atoms with Crippen LogP contribution in [-0.2, 0) is 4.79 Å². The van der Waals surface area contributed by atoms with Gasteiger partial charge in [-0.3, -0.25) is 4.79 Å². The van der Waals surface area contributed by atoms with Gasteiger partial charge in [0, 0.05) is 4.91 Å². The molecule has 56 valence electrons. The van der Waals surface area contributed by atoms with E-state index in [0.717, 1.165) is 0 Å². The monoisotopic (exact) mass is 143 g/mol. The average molecular weight is 143 g/mol. The van der Waals surface area contributed by atoms with Gasteiger partial charge in [-0.15, -0.1) is 0 Å². The van der Waals surface area contributed by atoms with E-state index in [1.54, 1.807) is 0 Å². The van der Waals surface area contributed by atoms with Crippen LogP contribution in [0.25, 0.3) is 10.4 Å². The van der Waals surface area contributed by atoms with Crippen molar-refractivity contribution in [1.29, 1.82) is 0 Å². The summed E-state index contributed by atoms with van der Waals surface area (Å²) in [6.45, 7) is 2.67. The van der Waals surface area contributed by atoms with E-state index in [0.29, 0.717) is 0 Å². The van der Waals surface area contributed by atoms with E-state index in [2.05, 4.69) is 10.0 Å². The molecule has 0 spiro atoms. The van der Waals surface area contributed by atoms with Crippen molar-refractivity contribution in [2.24, 2.45) is 5.11 Å². The second-order valence-corrected chi connectivity index (χ2v) is 2.00. The van der Waals surface area contributed by atoms with Crippen molar-refractivity contribution in [3.05, 3.63) is 10.4 Å². The Bertz CT molecular complexity index is 170. The number of aliphatic hydroxyl groups excluding tert-OH is 1. The smallest absolute Gasteiger partial charge is 0.141 e. The normalized spacial score (nSPS) is 15.1. The Kier molecular flexibility index (Phi) is 3.46. The number of Topliss-reactive ketones (excluding diaryl/α,β-unsaturated/α-hetero) is 1. The van der Waals surface area contributed by atoms with Crippen molar-refractivity contribution in [3.63, 3.8) is 0 Å². The first kappa shape index (κ1) is 8.94. The fourth-order valence-electron chi connectivity index (χ4n) is 0.573. The Labute approximate surface area is 58.3 Å². The number of hydrogen-bond acceptors (Lipinski definition) is 3. The number of nitrogens with zero attached hydrogens (tertiary/aromatic N) is 3. The van der Waals surface area contributed by atoms with Crippen molar-refractivity contribution in [1.82, 2.24) is 0 Å². The summed E-state index contributed by atoms with van der Waals surface area (Å²) in [6.07, 6.45) is -0.909. The number of aliphatic hydroxyl groups is 1. The lowest BCUT2D eigenvalue weighted by Crippen LogP contribution is -2.27. The number of azide groups is 1. The minimum absolute atomic E-state index is 0.326. The Balaban J connectivity index is 4.26. The quantitative estimate of drug-likeness (QED) is 0.357. The van der Waals surface area contributed by atoms with Crippen molar-refractivity contribution >= 4 is 5.78 Å². The zero-order valence-electron chi connectivity index (χ0n) is 5.85. The van der Waals surface area contributed by atoms with Gasteiger partial charge in [-0.1, -0.05) is 5.11 Å². The molecule has 0 radical (unpaired) electrons. The largest absolute Gasteiger partial charge is 0.393 e. The summed E-state index contributed by atoms with van der Waals surface area (Å²) in [5.41, 5.74) is 7.93. The third-order valence-corrected chi connectivity index (χ3v) is 1.05. The Morgan fingerprint density at radius 2 is 2.30 bits per heavy atom. The lowest BCUT2D eigenvalue weighted by molar-refractivity contribution is -0.120. The summed E-state index contributed by atoms with van der Waals surface area (Å²) in [5, 5.41) is 11.9. The molecule has 5 nitrogen and oxygen atoms in total. The van der Waals surface area contributed by atoms with Crippen molar-refractivity contribution in [2.45, 2.75) is 26.0 Å². The molecule has 1 N–H and O–H groups in total. The number of carbonyl (C=O) groups excluding carboxylic acids is 1. The molecule has 5 heteroatoms. The zero-order chi connectivity index (χ0) is 8.15. The van der Waals surface area contributed by atoms with Crippen molar-refractivity contribution < 1.29 is 9.90 Å². The molecule has 10 heavy (non-hydrogen) atoms. The van der Waals surface area contributed by atoms with Crippen LogP contribution in [0.2, 0.25) is 0 Å². The molecular weight excluding hydrogens is 134 g/mol. The van der Waals surface area contributed by atoms with Gasteiger partial charge in [-0.25, -0.2) is 0 Å². The fourth-order valence-corrected chi connectivity index (χ4v) is 0.573. The van der Waals surface area contributed by atoms with Gasteiger partial charge < -0.3 is 5.11 Å². The lowest BCUT2D eigenvalue weighted by atomic mass is 10.1. The fraction of sp³-hybridized carbons (Fsp3) is 0.800. The average Bonchev–Trinajstić information content (AvgIpc) is 1.81. The molecule has 0 aliphatic rings. The highest BCUT2D eigenvalue weighted by molar-refractivity contribution is 5.82. The van der Waals surface area contributed by atoms with Crippen LogP contribution in [0.1, 0.15) is 13.8 Å². The van der Waals surface area contributed by atoms with Crippen LogP contribution < -0.4 is 0 Å². The maximum Gasteiger partial charge on any atom is 0.141 e. The maximum atomic E-state index is 10.6. The van der Waals surface area contributed by atoms with Crippen molar-refractivity contribution in [2.75, 3.05) is 0 Å². The van der Waals surface area contributed by atoms with Gasteiger partial charge in [-0.05, 0) is 19.4 Å². The Hall–Kier alpha value is -1.06. The van der Waals surface area contributed by atoms with Crippen LogP contribution in [0.15, 0.2) is 5.11 Å². The first-order chi connectivity index (χ1) is 4.59. The van der Waals surface area contributed by atoms with Crippen LogP contribution in [0, 0.1) is 0 Å². The highest BCUT2D eigenvalue weighted by Crippen LogP contribution is 1.99. The predicted octanol–water partition coefficient (Wildman–Crippen LogP) is 0.635. The standard InChI is InChI=1S/C5H9N3O2/c1-3(9)5(4(2)10)7-8-6/h3,5,9H,1-2H3. The predicted molar refractivity (Wildman–Crippen MR) is 35.3 cm³/mol. The van der Waals surface area contributed by atoms with E-state index in [1.165, 1.54) is 13.8 Å². The van der Waals surface area contributed by atoms with Crippen LogP contribution >= 0.6 is 0 Å². The molecule has 0 aromatic rings. The molecule has 0 fully saturated rings. The van der Waals surface area contributed by atoms with E-state index < -0.39 is 12.1 Å². The first-order valence-corrected chi connectivity index (χ1v) is 2.82. The van der Waals surface area contributed by atoms with Gasteiger partial charge in [0.05, 0.1) is 6.10 Å². The second kappa shape index (κ2) is 3.87. The summed E-state index contributed by atoms with van der Waals surface area (Å²) >= 11 is 0. The summed E-state index contributed by atoms with van der Waals surface area (Å²) in [5.74, 6) is -0.326. The molecule has 0 heterocycles. The van der Waals surface area contributed by atoms with Gasteiger partial charge >= 0.3 is 0 Å². The second-order valence-electron chi connectivity index (χ2n) is 2.00. The number of ketones is 1. The molecule has 0 saturated carbocycles. The summed E-state index contributed by atoms with van der Waals surface area (Å²) < 4.78 is 0. The van der Waals surface area contributed by atoms with Gasteiger partial charge in [0.2, 0.25) is 0 Å². The molecule has 0 aromatic carbocycles. The zero-order valence-corrected chi connectivity index (χ0v) is 5.85. The topological polar surface area (TPSA) is 86.1 Å². The van der Waals surface area contributed by atoms with Gasteiger partial charge in [0.25, 0.3) is 0 Å². The number of carbonyl (C=O) groups is 1. The molecule has 2 atom stereocenters. The lowest BCUT2D eigenvalue weighted by Gasteiger charge is -2.08. The summed E-state index contributed by atoms with van der Waals surface area (Å²) in [6, 6.07) is -0.940. The van der Waals surface area contributed by atoms with Crippen LogP contribution in [0.3, 0.4) is 0 Å². The third kappa shape index (κ3) is 2.48. The first-order valence-electron chi connectivity index (χ1n) is 2.82. The van der Waals surface area contributed by atoms with Gasteiger partial charge in [0.1, 0.15) is 11.8 Å². The summed E-state index contributed by atoms with van der Waals surface area (Å²) in [7, 11) is 0. The Morgan fingerprint density at radius 1 is 1.80 bits per heavy atom. The highest BCUT2D eigenvalue weighted by atomic mass is 16.3. The SMILES string of the molecule is CC(=O)C(N=[N+]=[N-])C(C)O. The third-order valence-electron chi connectivity index (χ3n) is 1.05. The molecule has 0 amide bonds. The molecule has 0 aliphatic heterocycles. The van der Waals surface area contributed by atoms with E-state index in [4.69, 9.17) is 10.6 Å². The van der Waals surface area contributed by atoms with Crippen LogP contribution in [0.5, 0.6) is 0 Å². The Morgan fingerprint density at radius 3 is 2.40 bits per heavy atom. The molecule has 2 unspecified atom stereocenters. The van der Waals surface area contributed by atoms with Gasteiger partial charge in [0.15, 0.2) is 0 Å². The minimum atomic E-state index is -0.940. The van der Waals surface area contributed by atoms with Crippen molar-refractivity contribution in [3.8, 4) is 0 Å². The number of rotatable bonds is 3. The molecular formula is C5H9N3O2. The van der Waals surface area contributed by atoms with E-state index in [1.807, 2.05) is 0 Å². The van der Waals surface area contributed by atoms with E-state index in [9.17, 15) is 4.79 Å². The van der Waals surface area contributed by atoms with E-state index in [-0.39, 0.29) is 5.78 Å². The van der Waals surface area contributed by atoms with Gasteiger partial charge in [-0.2, -0.15) is 0 Å². The maximum absolute atomic E-state index is 10.6. The summed E-state index contributed by atoms with van der Waals surface area (Å²) in [4.78, 5) is 13.0. The molecule has 0 saturated heterocycles. The van der Waals surface area contributed by atoms with Crippen LogP contribution in [-0.4, -0.2) is 23.0 Å². The number of hydrogen-bond donors (Lipinski definition) is 1. The molecule has 0 aromatic heterocycles. The van der Waals surface area contributed by atoms with Crippen LogP contribution in [0.4, 0.5) is 0 Å². The molecule has 0 bridgehead atoms. The highest BCUT2D eigenvalue weighted by Gasteiger charge is 2.17.